The molecule has 0 unspecified atom stereocenters. The van der Waals surface area contributed by atoms with Gasteiger partial charge in [-0.1, -0.05) is 40.9 Å². The topological polar surface area (TPSA) is 79.6 Å². The molecule has 0 bridgehead atoms. The van der Waals surface area contributed by atoms with E-state index in [4.69, 9.17) is 39.2 Å². The number of imide groups is 2. The van der Waals surface area contributed by atoms with Crippen molar-refractivity contribution >= 4 is 64.4 Å². The Bertz CT molecular complexity index is 1280. The molecule has 156 valence electrons. The fourth-order valence-electron chi connectivity index (χ4n) is 3.10. The average molecular weight is 476 g/mol. The molecule has 2 aromatic carbocycles. The third-order valence-corrected chi connectivity index (χ3v) is 5.42. The minimum Gasteiger partial charge on any atom is -0.457 e. The number of barbiturate groups is 1. The molecular weight excluding hydrogens is 463 g/mol. The van der Waals surface area contributed by atoms with E-state index in [9.17, 15) is 14.4 Å². The van der Waals surface area contributed by atoms with Gasteiger partial charge in [0, 0.05) is 15.6 Å². The van der Waals surface area contributed by atoms with Gasteiger partial charge < -0.3 is 4.42 Å². The number of urea groups is 1. The van der Waals surface area contributed by atoms with Crippen LogP contribution < -0.4 is 10.2 Å². The summed E-state index contributed by atoms with van der Waals surface area (Å²) >= 11 is 18.2. The Kier molecular flexibility index (Phi) is 5.62. The highest BCUT2D eigenvalue weighted by Crippen LogP contribution is 2.33. The van der Waals surface area contributed by atoms with Crippen LogP contribution in [0.5, 0.6) is 0 Å². The van der Waals surface area contributed by atoms with E-state index < -0.39 is 17.8 Å². The third kappa shape index (κ3) is 4.10. The lowest BCUT2D eigenvalue weighted by atomic mass is 10.1. The number of anilines is 1. The number of halogens is 3. The van der Waals surface area contributed by atoms with E-state index in [0.29, 0.717) is 32.0 Å². The van der Waals surface area contributed by atoms with Crippen molar-refractivity contribution in [3.05, 3.63) is 80.5 Å². The first-order chi connectivity index (χ1) is 14.7. The number of amides is 4. The molecule has 31 heavy (non-hydrogen) atoms. The number of furan rings is 1. The van der Waals surface area contributed by atoms with Crippen molar-refractivity contribution in [3.8, 4) is 11.3 Å². The van der Waals surface area contributed by atoms with E-state index in [0.717, 1.165) is 4.90 Å². The molecule has 1 aliphatic rings. The van der Waals surface area contributed by atoms with E-state index in [1.54, 1.807) is 49.4 Å². The first-order valence-corrected chi connectivity index (χ1v) is 10.1. The Hall–Kier alpha value is -3.06. The molecule has 1 aliphatic heterocycles. The van der Waals surface area contributed by atoms with Gasteiger partial charge in [-0.3, -0.25) is 14.9 Å². The summed E-state index contributed by atoms with van der Waals surface area (Å²) in [6.07, 6.45) is 1.26. The smallest absolute Gasteiger partial charge is 0.335 e. The van der Waals surface area contributed by atoms with Gasteiger partial charge in [0.2, 0.25) is 0 Å². The van der Waals surface area contributed by atoms with Crippen LogP contribution in [0.1, 0.15) is 11.3 Å². The van der Waals surface area contributed by atoms with Gasteiger partial charge in [0.05, 0.1) is 10.7 Å². The van der Waals surface area contributed by atoms with E-state index in [-0.39, 0.29) is 17.0 Å². The van der Waals surface area contributed by atoms with Crippen molar-refractivity contribution in [2.75, 3.05) is 4.90 Å². The number of nitrogens with one attached hydrogen (secondary N) is 1. The van der Waals surface area contributed by atoms with Gasteiger partial charge in [-0.2, -0.15) is 0 Å². The molecule has 1 aromatic heterocycles. The number of carbonyl (C=O) groups excluding carboxylic acids is 3. The van der Waals surface area contributed by atoms with E-state index >= 15 is 0 Å². The largest absolute Gasteiger partial charge is 0.457 e. The molecule has 3 aromatic rings. The fraction of sp³-hybridized carbons (Fsp3) is 0.0455. The van der Waals surface area contributed by atoms with Crippen molar-refractivity contribution < 1.29 is 18.8 Å². The first kappa shape index (κ1) is 21.2. The maximum atomic E-state index is 13.0. The predicted octanol–water partition coefficient (Wildman–Crippen LogP) is 5.88. The summed E-state index contributed by atoms with van der Waals surface area (Å²) in [4.78, 5) is 38.7. The Morgan fingerprint density at radius 2 is 1.65 bits per heavy atom. The molecule has 1 saturated heterocycles. The molecule has 4 rings (SSSR count). The number of rotatable bonds is 3. The highest BCUT2D eigenvalue weighted by molar-refractivity contribution is 6.39. The van der Waals surface area contributed by atoms with Gasteiger partial charge in [-0.15, -0.1) is 0 Å². The highest BCUT2D eigenvalue weighted by atomic mass is 35.5. The average Bonchev–Trinajstić information content (AvgIpc) is 3.18. The predicted molar refractivity (Wildman–Crippen MR) is 119 cm³/mol. The maximum Gasteiger partial charge on any atom is 0.335 e. The number of nitrogens with zero attached hydrogens (tertiary/aromatic N) is 1. The van der Waals surface area contributed by atoms with E-state index in [2.05, 4.69) is 5.32 Å². The third-order valence-electron chi connectivity index (χ3n) is 4.62. The summed E-state index contributed by atoms with van der Waals surface area (Å²) in [6.45, 7) is 1.72. The normalized spacial score (nSPS) is 15.5. The highest BCUT2D eigenvalue weighted by Gasteiger charge is 2.37. The zero-order valence-corrected chi connectivity index (χ0v) is 18.2. The quantitative estimate of drug-likeness (QED) is 0.379. The summed E-state index contributed by atoms with van der Waals surface area (Å²) in [7, 11) is 0. The summed E-state index contributed by atoms with van der Waals surface area (Å²) < 4.78 is 5.74. The van der Waals surface area contributed by atoms with Crippen molar-refractivity contribution in [1.29, 1.82) is 0 Å². The molecule has 0 aliphatic carbocycles. The van der Waals surface area contributed by atoms with Crippen LogP contribution in [0.15, 0.2) is 58.5 Å². The second kappa shape index (κ2) is 8.23. The molecule has 1 N–H and O–H groups in total. The van der Waals surface area contributed by atoms with Crippen molar-refractivity contribution in [2.45, 2.75) is 6.92 Å². The number of carbonyl (C=O) groups is 3. The lowest BCUT2D eigenvalue weighted by Gasteiger charge is -2.27. The SMILES string of the molecule is Cc1ccc(Cl)cc1N1C(=O)NC(=O)/C(=C\c2ccc(-c3cc(Cl)ccc3Cl)o2)C1=O. The standard InChI is InChI=1S/C22H13Cl3N2O4/c1-11-2-3-13(24)9-18(11)27-21(29)16(20(28)26-22(27)30)10-14-5-7-19(31-14)15-8-12(23)4-6-17(15)25/h2-10H,1H3,(H,26,28,30)/b16-10+. The van der Waals surface area contributed by atoms with Crippen LogP contribution in [0.3, 0.4) is 0 Å². The molecule has 2 heterocycles. The minimum absolute atomic E-state index is 0.224. The van der Waals surface area contributed by atoms with Gasteiger partial charge in [-0.25, -0.2) is 9.69 Å². The Morgan fingerprint density at radius 3 is 2.42 bits per heavy atom. The van der Waals surface area contributed by atoms with Crippen LogP contribution in [0.25, 0.3) is 17.4 Å². The second-order valence-corrected chi connectivity index (χ2v) is 7.99. The molecular formula is C22H13Cl3N2O4. The molecule has 0 atom stereocenters. The van der Waals surface area contributed by atoms with Crippen LogP contribution >= 0.6 is 34.8 Å². The van der Waals surface area contributed by atoms with Crippen LogP contribution in [-0.4, -0.2) is 17.8 Å². The molecule has 4 amide bonds. The van der Waals surface area contributed by atoms with Gasteiger partial charge >= 0.3 is 6.03 Å². The number of hydrogen-bond acceptors (Lipinski definition) is 4. The van der Waals surface area contributed by atoms with Gasteiger partial charge in [0.15, 0.2) is 0 Å². The Morgan fingerprint density at radius 1 is 0.935 bits per heavy atom. The molecule has 0 saturated carbocycles. The first-order valence-electron chi connectivity index (χ1n) is 8.97. The van der Waals surface area contributed by atoms with Crippen LogP contribution in [0.4, 0.5) is 10.5 Å². The molecule has 0 spiro atoms. The van der Waals surface area contributed by atoms with E-state index in [1.165, 1.54) is 12.1 Å². The number of benzene rings is 2. The number of aryl methyl sites for hydroxylation is 1. The Balaban J connectivity index is 1.72. The minimum atomic E-state index is -0.858. The molecule has 9 heteroatoms. The number of hydrogen-bond donors (Lipinski definition) is 1. The van der Waals surface area contributed by atoms with Crippen LogP contribution in [-0.2, 0) is 9.59 Å². The zero-order valence-electron chi connectivity index (χ0n) is 15.9. The zero-order chi connectivity index (χ0) is 22.3. The summed E-state index contributed by atoms with van der Waals surface area (Å²) in [5.41, 5.74) is 1.21. The van der Waals surface area contributed by atoms with Crippen molar-refractivity contribution in [3.63, 3.8) is 0 Å². The molecule has 0 radical (unpaired) electrons. The van der Waals surface area contributed by atoms with Gasteiger partial charge in [0.25, 0.3) is 11.8 Å². The molecule has 6 nitrogen and oxygen atoms in total. The lowest BCUT2D eigenvalue weighted by Crippen LogP contribution is -2.54. The monoisotopic (exact) mass is 474 g/mol. The van der Waals surface area contributed by atoms with Gasteiger partial charge in [0.1, 0.15) is 17.1 Å². The fourth-order valence-corrected chi connectivity index (χ4v) is 3.65. The summed E-state index contributed by atoms with van der Waals surface area (Å²) in [5, 5.41) is 3.42. The van der Waals surface area contributed by atoms with Crippen LogP contribution in [0.2, 0.25) is 15.1 Å². The van der Waals surface area contributed by atoms with Crippen molar-refractivity contribution in [1.82, 2.24) is 5.32 Å². The van der Waals surface area contributed by atoms with E-state index in [1.807, 2.05) is 0 Å². The molecule has 1 fully saturated rings. The van der Waals surface area contributed by atoms with Gasteiger partial charge in [-0.05, 0) is 61.0 Å². The maximum absolute atomic E-state index is 13.0. The Labute approximate surface area is 192 Å². The van der Waals surface area contributed by atoms with Crippen molar-refractivity contribution in [2.24, 2.45) is 0 Å². The lowest BCUT2D eigenvalue weighted by molar-refractivity contribution is -0.122. The summed E-state index contributed by atoms with van der Waals surface area (Å²) in [5.74, 6) is -0.995. The van der Waals surface area contributed by atoms with Crippen LogP contribution in [0, 0.1) is 6.92 Å². The second-order valence-electron chi connectivity index (χ2n) is 6.71. The summed E-state index contributed by atoms with van der Waals surface area (Å²) in [6, 6.07) is 12.1.